The monoisotopic (exact) mass is 414 g/mol. The lowest BCUT2D eigenvalue weighted by atomic mass is 9.95. The molecule has 2 aromatic rings. The predicted molar refractivity (Wildman–Crippen MR) is 115 cm³/mol. The van der Waals surface area contributed by atoms with E-state index in [2.05, 4.69) is 10.6 Å². The van der Waals surface area contributed by atoms with E-state index < -0.39 is 5.41 Å². The van der Waals surface area contributed by atoms with Crippen LogP contribution in [0.1, 0.15) is 43.1 Å². The van der Waals surface area contributed by atoms with Crippen LogP contribution in [0.4, 0.5) is 5.69 Å². The lowest BCUT2D eigenvalue weighted by molar-refractivity contribution is -0.161. The van der Waals surface area contributed by atoms with Crippen molar-refractivity contribution >= 4 is 29.2 Å². The summed E-state index contributed by atoms with van der Waals surface area (Å²) < 4.78 is 5.68. The summed E-state index contributed by atoms with van der Waals surface area (Å²) in [6, 6.07) is 14.5. The summed E-state index contributed by atoms with van der Waals surface area (Å²) in [6.45, 7) is 6.41. The van der Waals surface area contributed by atoms with Gasteiger partial charge in [0.25, 0.3) is 5.91 Å². The van der Waals surface area contributed by atoms with Crippen molar-refractivity contribution in [3.8, 4) is 0 Å². The van der Waals surface area contributed by atoms with Crippen molar-refractivity contribution in [2.24, 2.45) is 11.3 Å². The molecule has 154 valence electrons. The Balaban J connectivity index is 1.58. The number of benzene rings is 2. The molecule has 0 bridgehead atoms. The van der Waals surface area contributed by atoms with Gasteiger partial charge in [0.1, 0.15) is 0 Å². The standard InChI is InChI=1S/C23H27ClN2O3/c1-23(2,3)22(28)29-21-17(12-13-25-21)14-15-4-10-19(11-5-15)26-20(27)16-6-8-18(24)9-7-16/h4-11,17,21,25H,12-14H2,1-3H3,(H,26,27). The van der Waals surface area contributed by atoms with Gasteiger partial charge in [-0.1, -0.05) is 23.7 Å². The van der Waals surface area contributed by atoms with Gasteiger partial charge >= 0.3 is 5.97 Å². The summed E-state index contributed by atoms with van der Waals surface area (Å²) in [6.07, 6.45) is 1.50. The Labute approximate surface area is 176 Å². The van der Waals surface area contributed by atoms with Crippen LogP contribution in [0.2, 0.25) is 5.02 Å². The number of amides is 1. The van der Waals surface area contributed by atoms with Gasteiger partial charge in [-0.15, -0.1) is 0 Å². The lowest BCUT2D eigenvalue weighted by Crippen LogP contribution is -2.37. The Kier molecular flexibility index (Phi) is 6.60. The van der Waals surface area contributed by atoms with Crippen molar-refractivity contribution < 1.29 is 14.3 Å². The molecule has 0 radical (unpaired) electrons. The number of halogens is 1. The molecule has 5 nitrogen and oxygen atoms in total. The molecule has 2 atom stereocenters. The Morgan fingerprint density at radius 3 is 2.38 bits per heavy atom. The van der Waals surface area contributed by atoms with E-state index in [4.69, 9.17) is 16.3 Å². The summed E-state index contributed by atoms with van der Waals surface area (Å²) in [5.74, 6) is -0.137. The molecule has 0 aliphatic carbocycles. The van der Waals surface area contributed by atoms with E-state index in [-0.39, 0.29) is 24.0 Å². The number of hydrogen-bond acceptors (Lipinski definition) is 4. The summed E-state index contributed by atoms with van der Waals surface area (Å²) in [5, 5.41) is 6.76. The largest absolute Gasteiger partial charge is 0.446 e. The molecular formula is C23H27ClN2O3. The summed E-state index contributed by atoms with van der Waals surface area (Å²) in [7, 11) is 0. The molecule has 29 heavy (non-hydrogen) atoms. The zero-order valence-corrected chi connectivity index (χ0v) is 17.8. The number of hydrogen-bond donors (Lipinski definition) is 2. The van der Waals surface area contributed by atoms with Gasteiger partial charge < -0.3 is 10.1 Å². The van der Waals surface area contributed by atoms with E-state index in [1.807, 2.05) is 45.0 Å². The third kappa shape index (κ3) is 5.81. The third-order valence-corrected chi connectivity index (χ3v) is 5.20. The topological polar surface area (TPSA) is 67.4 Å². The number of carbonyl (C=O) groups is 2. The molecule has 1 heterocycles. The van der Waals surface area contributed by atoms with Crippen LogP contribution in [-0.4, -0.2) is 24.6 Å². The predicted octanol–water partition coefficient (Wildman–Crippen LogP) is 4.66. The number of carbonyl (C=O) groups excluding carboxylic acids is 2. The second-order valence-corrected chi connectivity index (χ2v) is 8.88. The number of ether oxygens (including phenoxy) is 1. The molecule has 2 unspecified atom stereocenters. The molecule has 0 spiro atoms. The molecule has 1 aliphatic rings. The minimum absolute atomic E-state index is 0.177. The van der Waals surface area contributed by atoms with Crippen LogP contribution in [0.3, 0.4) is 0 Å². The maximum absolute atomic E-state index is 12.3. The maximum atomic E-state index is 12.3. The number of rotatable bonds is 5. The van der Waals surface area contributed by atoms with Crippen molar-refractivity contribution in [2.45, 2.75) is 39.8 Å². The highest BCUT2D eigenvalue weighted by molar-refractivity contribution is 6.30. The van der Waals surface area contributed by atoms with Crippen molar-refractivity contribution in [3.05, 3.63) is 64.7 Å². The number of esters is 1. The molecule has 0 aromatic heterocycles. The van der Waals surface area contributed by atoms with Crippen LogP contribution in [0, 0.1) is 11.3 Å². The van der Waals surface area contributed by atoms with Gasteiger partial charge in [0.2, 0.25) is 0 Å². The Hall–Kier alpha value is -2.37. The Morgan fingerprint density at radius 2 is 1.76 bits per heavy atom. The van der Waals surface area contributed by atoms with Gasteiger partial charge in [-0.3, -0.25) is 14.9 Å². The minimum atomic E-state index is -0.515. The highest BCUT2D eigenvalue weighted by Crippen LogP contribution is 2.25. The second-order valence-electron chi connectivity index (χ2n) is 8.44. The molecule has 2 N–H and O–H groups in total. The third-order valence-electron chi connectivity index (χ3n) is 4.95. The van der Waals surface area contributed by atoms with Crippen molar-refractivity contribution in [3.63, 3.8) is 0 Å². The zero-order chi connectivity index (χ0) is 21.0. The minimum Gasteiger partial charge on any atom is -0.446 e. The van der Waals surface area contributed by atoms with Crippen LogP contribution >= 0.6 is 11.6 Å². The maximum Gasteiger partial charge on any atom is 0.312 e. The fraction of sp³-hybridized carbons (Fsp3) is 0.391. The van der Waals surface area contributed by atoms with Gasteiger partial charge in [0, 0.05) is 22.2 Å². The van der Waals surface area contributed by atoms with Crippen LogP contribution in [0.25, 0.3) is 0 Å². The van der Waals surface area contributed by atoms with Crippen LogP contribution in [0.5, 0.6) is 0 Å². The normalized spacial score (nSPS) is 19.0. The average Bonchev–Trinajstić information content (AvgIpc) is 3.09. The van der Waals surface area contributed by atoms with Gasteiger partial charge in [0.05, 0.1) is 5.41 Å². The van der Waals surface area contributed by atoms with Gasteiger partial charge in [0.15, 0.2) is 6.23 Å². The molecule has 1 saturated heterocycles. The van der Waals surface area contributed by atoms with E-state index in [1.54, 1.807) is 24.3 Å². The number of anilines is 1. The molecule has 1 aliphatic heterocycles. The smallest absolute Gasteiger partial charge is 0.312 e. The first-order valence-electron chi connectivity index (χ1n) is 9.83. The van der Waals surface area contributed by atoms with Crippen LogP contribution < -0.4 is 10.6 Å². The molecular weight excluding hydrogens is 388 g/mol. The SMILES string of the molecule is CC(C)(C)C(=O)OC1NCCC1Cc1ccc(NC(=O)c2ccc(Cl)cc2)cc1. The number of nitrogens with one attached hydrogen (secondary N) is 2. The van der Waals surface area contributed by atoms with Gasteiger partial charge in [-0.2, -0.15) is 0 Å². The molecule has 2 aromatic carbocycles. The first-order chi connectivity index (χ1) is 13.7. The summed E-state index contributed by atoms with van der Waals surface area (Å²) in [5.41, 5.74) is 1.91. The lowest BCUT2D eigenvalue weighted by Gasteiger charge is -2.24. The molecule has 3 rings (SSSR count). The van der Waals surface area contributed by atoms with Gasteiger partial charge in [-0.05, 0) is 82.1 Å². The van der Waals surface area contributed by atoms with Crippen molar-refractivity contribution in [1.29, 1.82) is 0 Å². The van der Waals surface area contributed by atoms with E-state index in [9.17, 15) is 9.59 Å². The Bertz CT molecular complexity index is 857. The highest BCUT2D eigenvalue weighted by Gasteiger charge is 2.33. The second kappa shape index (κ2) is 8.97. The quantitative estimate of drug-likeness (QED) is 0.698. The summed E-state index contributed by atoms with van der Waals surface area (Å²) in [4.78, 5) is 24.5. The summed E-state index contributed by atoms with van der Waals surface area (Å²) >= 11 is 5.86. The fourth-order valence-corrected chi connectivity index (χ4v) is 3.33. The highest BCUT2D eigenvalue weighted by atomic mass is 35.5. The fourth-order valence-electron chi connectivity index (χ4n) is 3.20. The Morgan fingerprint density at radius 1 is 1.10 bits per heavy atom. The first-order valence-corrected chi connectivity index (χ1v) is 10.2. The van der Waals surface area contributed by atoms with E-state index in [0.717, 1.165) is 30.6 Å². The van der Waals surface area contributed by atoms with Gasteiger partial charge in [-0.25, -0.2) is 0 Å². The molecule has 1 fully saturated rings. The zero-order valence-electron chi connectivity index (χ0n) is 17.0. The molecule has 6 heteroatoms. The van der Waals surface area contributed by atoms with Crippen LogP contribution in [-0.2, 0) is 16.0 Å². The van der Waals surface area contributed by atoms with Crippen molar-refractivity contribution in [2.75, 3.05) is 11.9 Å². The van der Waals surface area contributed by atoms with E-state index in [0.29, 0.717) is 10.6 Å². The van der Waals surface area contributed by atoms with Crippen LogP contribution in [0.15, 0.2) is 48.5 Å². The van der Waals surface area contributed by atoms with E-state index >= 15 is 0 Å². The first kappa shape index (κ1) is 21.3. The molecule has 1 amide bonds. The molecule has 0 saturated carbocycles. The average molecular weight is 415 g/mol. The van der Waals surface area contributed by atoms with Crippen molar-refractivity contribution in [1.82, 2.24) is 5.32 Å². The van der Waals surface area contributed by atoms with E-state index in [1.165, 1.54) is 0 Å².